The number of benzene rings is 1. The SMILES string of the molecule is O=C(O)C=C1CCCCC1Cc1ccccc1Cl. The van der Waals surface area contributed by atoms with Gasteiger partial charge in [-0.3, -0.25) is 0 Å². The Bertz CT molecular complexity index is 465. The predicted octanol–water partition coefficient (Wildman–Crippen LogP) is 4.08. The monoisotopic (exact) mass is 264 g/mol. The van der Waals surface area contributed by atoms with Crippen LogP contribution in [0, 0.1) is 5.92 Å². The second kappa shape index (κ2) is 6.05. The Morgan fingerprint density at radius 1 is 1.39 bits per heavy atom. The molecule has 0 aliphatic heterocycles. The van der Waals surface area contributed by atoms with E-state index in [9.17, 15) is 4.79 Å². The Kier molecular flexibility index (Phi) is 4.43. The fraction of sp³-hybridized carbons (Fsp3) is 0.400. The Balaban J connectivity index is 2.15. The fourth-order valence-corrected chi connectivity index (χ4v) is 2.83. The molecule has 0 saturated heterocycles. The van der Waals surface area contributed by atoms with E-state index >= 15 is 0 Å². The molecule has 3 heteroatoms. The van der Waals surface area contributed by atoms with Gasteiger partial charge in [-0.25, -0.2) is 4.79 Å². The van der Waals surface area contributed by atoms with Crippen molar-refractivity contribution in [3.05, 3.63) is 46.5 Å². The molecule has 0 radical (unpaired) electrons. The molecule has 0 heterocycles. The minimum Gasteiger partial charge on any atom is -0.478 e. The first-order valence-corrected chi connectivity index (χ1v) is 6.71. The van der Waals surface area contributed by atoms with E-state index < -0.39 is 5.97 Å². The van der Waals surface area contributed by atoms with Gasteiger partial charge in [0, 0.05) is 11.1 Å². The minimum atomic E-state index is -0.837. The highest BCUT2D eigenvalue weighted by Gasteiger charge is 2.20. The Labute approximate surface area is 112 Å². The number of carbonyl (C=O) groups is 1. The first-order chi connectivity index (χ1) is 8.66. The largest absolute Gasteiger partial charge is 0.478 e. The molecular formula is C15H17ClO2. The van der Waals surface area contributed by atoms with Crippen LogP contribution in [0.4, 0.5) is 0 Å². The maximum atomic E-state index is 10.8. The molecule has 1 aromatic rings. The minimum absolute atomic E-state index is 0.328. The van der Waals surface area contributed by atoms with Crippen molar-refractivity contribution in [2.24, 2.45) is 5.92 Å². The Morgan fingerprint density at radius 2 is 2.17 bits per heavy atom. The summed E-state index contributed by atoms with van der Waals surface area (Å²) < 4.78 is 0. The van der Waals surface area contributed by atoms with Crippen LogP contribution in [-0.2, 0) is 11.2 Å². The number of carboxylic acid groups (broad SMARTS) is 1. The number of aliphatic carboxylic acids is 1. The van der Waals surface area contributed by atoms with E-state index in [0.29, 0.717) is 5.92 Å². The lowest BCUT2D eigenvalue weighted by Crippen LogP contribution is -2.14. The maximum absolute atomic E-state index is 10.8. The van der Waals surface area contributed by atoms with Crippen LogP contribution < -0.4 is 0 Å². The summed E-state index contributed by atoms with van der Waals surface area (Å²) in [4.78, 5) is 10.8. The zero-order valence-corrected chi connectivity index (χ0v) is 11.0. The van der Waals surface area contributed by atoms with Gasteiger partial charge in [-0.05, 0) is 43.2 Å². The predicted molar refractivity (Wildman–Crippen MR) is 72.8 cm³/mol. The summed E-state index contributed by atoms with van der Waals surface area (Å²) in [5.41, 5.74) is 2.18. The van der Waals surface area contributed by atoms with Crippen molar-refractivity contribution >= 4 is 17.6 Å². The van der Waals surface area contributed by atoms with E-state index in [4.69, 9.17) is 16.7 Å². The first kappa shape index (κ1) is 13.2. The van der Waals surface area contributed by atoms with Crippen LogP contribution in [0.25, 0.3) is 0 Å². The van der Waals surface area contributed by atoms with Gasteiger partial charge in [-0.1, -0.05) is 41.8 Å². The molecule has 1 fully saturated rings. The van der Waals surface area contributed by atoms with Crippen molar-refractivity contribution in [2.45, 2.75) is 32.1 Å². The molecule has 18 heavy (non-hydrogen) atoms. The molecule has 1 unspecified atom stereocenters. The van der Waals surface area contributed by atoms with Crippen molar-refractivity contribution in [1.82, 2.24) is 0 Å². The smallest absolute Gasteiger partial charge is 0.328 e. The highest BCUT2D eigenvalue weighted by atomic mass is 35.5. The number of allylic oxidation sites excluding steroid dienone is 1. The summed E-state index contributed by atoms with van der Waals surface area (Å²) >= 11 is 6.16. The standard InChI is InChI=1S/C15H17ClO2/c16-14-8-4-3-7-13(14)9-11-5-1-2-6-12(11)10-15(17)18/h3-4,7-8,10-11H,1-2,5-6,9H2,(H,17,18). The van der Waals surface area contributed by atoms with Crippen LogP contribution in [0.1, 0.15) is 31.2 Å². The summed E-state index contributed by atoms with van der Waals surface area (Å²) in [6, 6.07) is 7.81. The number of carboxylic acids is 1. The molecule has 1 N–H and O–H groups in total. The summed E-state index contributed by atoms with van der Waals surface area (Å²) in [5.74, 6) is -0.509. The van der Waals surface area contributed by atoms with Crippen molar-refractivity contribution < 1.29 is 9.90 Å². The lowest BCUT2D eigenvalue weighted by Gasteiger charge is -2.25. The number of halogens is 1. The zero-order valence-electron chi connectivity index (χ0n) is 10.2. The number of hydrogen-bond acceptors (Lipinski definition) is 1. The molecule has 1 aliphatic carbocycles. The third-order valence-corrected chi connectivity index (χ3v) is 3.89. The van der Waals surface area contributed by atoms with E-state index in [2.05, 4.69) is 0 Å². The highest BCUT2D eigenvalue weighted by Crippen LogP contribution is 2.33. The zero-order chi connectivity index (χ0) is 13.0. The Hall–Kier alpha value is -1.28. The molecule has 2 rings (SSSR count). The van der Waals surface area contributed by atoms with Gasteiger partial charge in [0.2, 0.25) is 0 Å². The molecule has 0 spiro atoms. The van der Waals surface area contributed by atoms with Gasteiger partial charge >= 0.3 is 5.97 Å². The van der Waals surface area contributed by atoms with Gasteiger partial charge in [-0.15, -0.1) is 0 Å². The molecule has 0 bridgehead atoms. The summed E-state index contributed by atoms with van der Waals surface area (Å²) in [6.45, 7) is 0. The molecule has 1 aromatic carbocycles. The van der Waals surface area contributed by atoms with Crippen LogP contribution in [0.15, 0.2) is 35.9 Å². The van der Waals surface area contributed by atoms with Crippen molar-refractivity contribution in [1.29, 1.82) is 0 Å². The molecule has 1 atom stereocenters. The van der Waals surface area contributed by atoms with Crippen LogP contribution in [0.3, 0.4) is 0 Å². The average Bonchev–Trinajstić information content (AvgIpc) is 2.34. The van der Waals surface area contributed by atoms with Crippen LogP contribution >= 0.6 is 11.6 Å². The van der Waals surface area contributed by atoms with Crippen LogP contribution in [0.5, 0.6) is 0 Å². The molecule has 2 nitrogen and oxygen atoms in total. The van der Waals surface area contributed by atoms with Gasteiger partial charge in [0.05, 0.1) is 0 Å². The first-order valence-electron chi connectivity index (χ1n) is 6.33. The topological polar surface area (TPSA) is 37.3 Å². The van der Waals surface area contributed by atoms with Gasteiger partial charge in [0.1, 0.15) is 0 Å². The average molecular weight is 265 g/mol. The van der Waals surface area contributed by atoms with E-state index in [-0.39, 0.29) is 0 Å². The second-order valence-electron chi connectivity index (χ2n) is 4.80. The maximum Gasteiger partial charge on any atom is 0.328 e. The molecule has 1 aliphatic rings. The van der Waals surface area contributed by atoms with Crippen molar-refractivity contribution in [2.75, 3.05) is 0 Å². The van der Waals surface area contributed by atoms with E-state index in [1.165, 1.54) is 12.5 Å². The van der Waals surface area contributed by atoms with Crippen LogP contribution in [0.2, 0.25) is 5.02 Å². The van der Waals surface area contributed by atoms with Crippen LogP contribution in [-0.4, -0.2) is 11.1 Å². The van der Waals surface area contributed by atoms with E-state index in [0.717, 1.165) is 41.8 Å². The summed E-state index contributed by atoms with van der Waals surface area (Å²) in [5, 5.41) is 9.68. The lowest BCUT2D eigenvalue weighted by atomic mass is 9.80. The Morgan fingerprint density at radius 3 is 2.89 bits per heavy atom. The lowest BCUT2D eigenvalue weighted by molar-refractivity contribution is -0.131. The van der Waals surface area contributed by atoms with E-state index in [1.807, 2.05) is 24.3 Å². The molecule has 0 aromatic heterocycles. The van der Waals surface area contributed by atoms with Gasteiger partial charge in [-0.2, -0.15) is 0 Å². The fourth-order valence-electron chi connectivity index (χ4n) is 2.62. The third-order valence-electron chi connectivity index (χ3n) is 3.53. The van der Waals surface area contributed by atoms with Crippen molar-refractivity contribution in [3.63, 3.8) is 0 Å². The summed E-state index contributed by atoms with van der Waals surface area (Å²) in [6.07, 6.45) is 6.47. The second-order valence-corrected chi connectivity index (χ2v) is 5.20. The molecule has 1 saturated carbocycles. The number of rotatable bonds is 3. The molecule has 0 amide bonds. The third kappa shape index (κ3) is 3.36. The van der Waals surface area contributed by atoms with Crippen molar-refractivity contribution in [3.8, 4) is 0 Å². The van der Waals surface area contributed by atoms with E-state index in [1.54, 1.807) is 0 Å². The molecular weight excluding hydrogens is 248 g/mol. The number of hydrogen-bond donors (Lipinski definition) is 1. The van der Waals surface area contributed by atoms with Gasteiger partial charge in [0.25, 0.3) is 0 Å². The summed E-state index contributed by atoms with van der Waals surface area (Å²) in [7, 11) is 0. The quantitative estimate of drug-likeness (QED) is 0.835. The highest BCUT2D eigenvalue weighted by molar-refractivity contribution is 6.31. The van der Waals surface area contributed by atoms with Gasteiger partial charge in [0.15, 0.2) is 0 Å². The normalized spacial score (nSPS) is 22.1. The molecule has 96 valence electrons. The van der Waals surface area contributed by atoms with Gasteiger partial charge < -0.3 is 5.11 Å².